The molecule has 186 valence electrons. The number of fused-ring (bicyclic) bond motifs is 3. The summed E-state index contributed by atoms with van der Waals surface area (Å²) in [4.78, 5) is 38.5. The van der Waals surface area contributed by atoms with Gasteiger partial charge >= 0.3 is 0 Å². The molecule has 5 N–H and O–H groups in total. The molecule has 1 aromatic heterocycles. The van der Waals surface area contributed by atoms with E-state index in [9.17, 15) is 14.4 Å². The summed E-state index contributed by atoms with van der Waals surface area (Å²) in [5, 5.41) is 16.4. The van der Waals surface area contributed by atoms with E-state index in [1.807, 2.05) is 31.2 Å². The van der Waals surface area contributed by atoms with Gasteiger partial charge in [-0.3, -0.25) is 14.4 Å². The fraction of sp³-hybridized carbons (Fsp3) is 0.296. The number of hydrogen-bond donors (Lipinski definition) is 5. The molecule has 3 amide bonds. The molecule has 36 heavy (non-hydrogen) atoms. The van der Waals surface area contributed by atoms with Crippen LogP contribution in [0.25, 0.3) is 10.1 Å². The van der Waals surface area contributed by atoms with E-state index < -0.39 is 0 Å². The molecule has 0 saturated carbocycles. The van der Waals surface area contributed by atoms with Crippen LogP contribution in [0.2, 0.25) is 0 Å². The molecule has 1 fully saturated rings. The van der Waals surface area contributed by atoms with Gasteiger partial charge in [0.25, 0.3) is 11.8 Å². The van der Waals surface area contributed by atoms with Crippen LogP contribution in [0.5, 0.6) is 0 Å². The summed E-state index contributed by atoms with van der Waals surface area (Å²) in [6.45, 7) is 7.98. The Balaban J connectivity index is 1.42. The zero-order chi connectivity index (χ0) is 25.2. The molecule has 3 heterocycles. The van der Waals surface area contributed by atoms with Crippen LogP contribution in [0.15, 0.2) is 49.1 Å². The van der Waals surface area contributed by atoms with Crippen LogP contribution in [0.4, 0.5) is 17.1 Å². The fourth-order valence-electron chi connectivity index (χ4n) is 4.79. The van der Waals surface area contributed by atoms with Crippen molar-refractivity contribution in [3.05, 3.63) is 65.1 Å². The Bertz CT molecular complexity index is 1360. The molecule has 3 aromatic rings. The van der Waals surface area contributed by atoms with Crippen LogP contribution in [-0.2, 0) is 4.79 Å². The van der Waals surface area contributed by atoms with Gasteiger partial charge in [0.2, 0.25) is 5.91 Å². The number of amides is 3. The normalized spacial score (nSPS) is 17.9. The lowest BCUT2D eigenvalue weighted by molar-refractivity contribution is -0.111. The van der Waals surface area contributed by atoms with Crippen LogP contribution in [0.3, 0.4) is 0 Å². The molecule has 9 heteroatoms. The van der Waals surface area contributed by atoms with Gasteiger partial charge < -0.3 is 26.6 Å². The highest BCUT2D eigenvalue weighted by Crippen LogP contribution is 2.38. The number of hydrogen-bond acceptors (Lipinski definition) is 6. The SMILES string of the molecule is C=CC(=O)Nc1cc(NC(=O)c2ccc3sc4c(c3c2)NC[C@@H](C)NC4=O)ccc1C1CCNCC1. The lowest BCUT2D eigenvalue weighted by Gasteiger charge is -2.25. The highest BCUT2D eigenvalue weighted by molar-refractivity contribution is 7.21. The van der Waals surface area contributed by atoms with Gasteiger partial charge in [0.05, 0.1) is 5.69 Å². The smallest absolute Gasteiger partial charge is 0.263 e. The quantitative estimate of drug-likeness (QED) is 0.334. The molecule has 0 unspecified atom stereocenters. The molecule has 0 bridgehead atoms. The Morgan fingerprint density at radius 1 is 1.11 bits per heavy atom. The highest BCUT2D eigenvalue weighted by Gasteiger charge is 2.24. The van der Waals surface area contributed by atoms with E-state index in [1.54, 1.807) is 12.1 Å². The molecule has 1 atom stereocenters. The predicted molar refractivity (Wildman–Crippen MR) is 145 cm³/mol. The van der Waals surface area contributed by atoms with Crippen molar-refractivity contribution in [3.8, 4) is 0 Å². The van der Waals surface area contributed by atoms with Gasteiger partial charge in [-0.1, -0.05) is 12.6 Å². The van der Waals surface area contributed by atoms with Crippen LogP contribution in [-0.4, -0.2) is 43.4 Å². The van der Waals surface area contributed by atoms with Crippen LogP contribution in [0, 0.1) is 0 Å². The highest BCUT2D eigenvalue weighted by atomic mass is 32.1. The second-order valence-corrected chi connectivity index (χ2v) is 10.3. The van der Waals surface area contributed by atoms with Crippen molar-refractivity contribution in [2.24, 2.45) is 0 Å². The van der Waals surface area contributed by atoms with Gasteiger partial charge in [-0.25, -0.2) is 0 Å². The van der Waals surface area contributed by atoms with Crippen LogP contribution >= 0.6 is 11.3 Å². The first-order valence-corrected chi connectivity index (χ1v) is 13.0. The van der Waals surface area contributed by atoms with Crippen molar-refractivity contribution in [2.45, 2.75) is 31.7 Å². The van der Waals surface area contributed by atoms with Crippen molar-refractivity contribution in [2.75, 3.05) is 35.6 Å². The third-order valence-corrected chi connectivity index (χ3v) is 7.82. The van der Waals surface area contributed by atoms with E-state index in [4.69, 9.17) is 0 Å². The first-order valence-electron chi connectivity index (χ1n) is 12.1. The van der Waals surface area contributed by atoms with Gasteiger partial charge in [-0.15, -0.1) is 11.3 Å². The maximum atomic E-state index is 13.2. The van der Waals surface area contributed by atoms with Gasteiger partial charge in [-0.05, 0) is 80.7 Å². The summed E-state index contributed by atoms with van der Waals surface area (Å²) in [5.74, 6) is -0.320. The summed E-state index contributed by atoms with van der Waals surface area (Å²) in [7, 11) is 0. The molecule has 1 saturated heterocycles. The van der Waals surface area contributed by atoms with E-state index in [0.29, 0.717) is 34.3 Å². The van der Waals surface area contributed by atoms with Gasteiger partial charge in [0.15, 0.2) is 0 Å². The lowest BCUT2D eigenvalue weighted by Crippen LogP contribution is -2.34. The standard InChI is InChI=1S/C27H29N5O3S/c1-3-23(33)32-21-13-18(5-6-19(21)16-8-10-28-11-9-16)31-26(34)17-4-7-22-20(12-17)24-25(36-22)27(35)30-15(2)14-29-24/h3-7,12-13,15-16,28-29H,1,8-11,14H2,2H3,(H,30,35)(H,31,34)(H,32,33)/t15-/m1/s1. The maximum Gasteiger partial charge on any atom is 0.263 e. The Hall–Kier alpha value is -3.69. The average Bonchev–Trinajstić information content (AvgIpc) is 3.19. The minimum Gasteiger partial charge on any atom is -0.381 e. The number of rotatable bonds is 5. The van der Waals surface area contributed by atoms with Gasteiger partial charge in [-0.2, -0.15) is 0 Å². The molecule has 0 radical (unpaired) electrons. The summed E-state index contributed by atoms with van der Waals surface area (Å²) in [5.41, 5.74) is 3.60. The molecular formula is C27H29N5O3S. The van der Waals surface area contributed by atoms with E-state index in [0.717, 1.165) is 47.3 Å². The van der Waals surface area contributed by atoms with Crippen molar-refractivity contribution in [1.82, 2.24) is 10.6 Å². The van der Waals surface area contributed by atoms with Crippen molar-refractivity contribution < 1.29 is 14.4 Å². The number of nitrogens with one attached hydrogen (secondary N) is 5. The summed E-state index contributed by atoms with van der Waals surface area (Å²) < 4.78 is 0.939. The summed E-state index contributed by atoms with van der Waals surface area (Å²) in [6, 6.07) is 11.1. The average molecular weight is 504 g/mol. The zero-order valence-electron chi connectivity index (χ0n) is 20.1. The largest absolute Gasteiger partial charge is 0.381 e. The number of carbonyl (C=O) groups is 3. The number of piperidine rings is 1. The zero-order valence-corrected chi connectivity index (χ0v) is 20.9. The van der Waals surface area contributed by atoms with E-state index >= 15 is 0 Å². The molecular weight excluding hydrogens is 474 g/mol. The van der Waals surface area contributed by atoms with Crippen molar-refractivity contribution >= 4 is 56.2 Å². The van der Waals surface area contributed by atoms with Crippen molar-refractivity contribution in [1.29, 1.82) is 0 Å². The van der Waals surface area contributed by atoms with E-state index in [1.165, 1.54) is 17.4 Å². The molecule has 8 nitrogen and oxygen atoms in total. The molecule has 2 aliphatic heterocycles. The number of thiophene rings is 1. The predicted octanol–water partition coefficient (Wildman–Crippen LogP) is 4.29. The van der Waals surface area contributed by atoms with Gasteiger partial charge in [0.1, 0.15) is 4.88 Å². The molecule has 2 aliphatic rings. The topological polar surface area (TPSA) is 111 Å². The number of benzene rings is 2. The first kappa shape index (κ1) is 24.0. The molecule has 0 spiro atoms. The number of carbonyl (C=O) groups excluding carboxylic acids is 3. The van der Waals surface area contributed by atoms with Crippen LogP contribution < -0.4 is 26.6 Å². The maximum absolute atomic E-state index is 13.2. The second kappa shape index (κ2) is 10.1. The van der Waals surface area contributed by atoms with Gasteiger partial charge in [0, 0.05) is 39.6 Å². The lowest BCUT2D eigenvalue weighted by atomic mass is 9.89. The fourth-order valence-corrected chi connectivity index (χ4v) is 5.85. The minimum atomic E-state index is -0.289. The third-order valence-electron chi connectivity index (χ3n) is 6.65. The molecule has 5 rings (SSSR count). The number of anilines is 3. The Labute approximate surface area is 213 Å². The molecule has 0 aliphatic carbocycles. The Morgan fingerprint density at radius 2 is 1.92 bits per heavy atom. The minimum absolute atomic E-state index is 0.0160. The molecule has 2 aromatic carbocycles. The summed E-state index contributed by atoms with van der Waals surface area (Å²) in [6.07, 6.45) is 3.21. The second-order valence-electron chi connectivity index (χ2n) is 9.25. The monoisotopic (exact) mass is 503 g/mol. The third kappa shape index (κ3) is 4.84. The van der Waals surface area contributed by atoms with E-state index in [-0.39, 0.29) is 23.8 Å². The van der Waals surface area contributed by atoms with E-state index in [2.05, 4.69) is 33.2 Å². The Morgan fingerprint density at radius 3 is 2.69 bits per heavy atom. The van der Waals surface area contributed by atoms with Crippen LogP contribution in [0.1, 0.15) is 51.3 Å². The van der Waals surface area contributed by atoms with Crippen molar-refractivity contribution in [3.63, 3.8) is 0 Å². The summed E-state index contributed by atoms with van der Waals surface area (Å²) >= 11 is 1.41. The first-order chi connectivity index (χ1) is 17.4. The Kier molecular flexibility index (Phi) is 6.75.